The maximum Gasteiger partial charge on any atom is 0.347 e. The van der Waals surface area contributed by atoms with Gasteiger partial charge in [0.2, 0.25) is 5.89 Å². The van der Waals surface area contributed by atoms with Gasteiger partial charge in [-0.1, -0.05) is 49.4 Å². The summed E-state index contributed by atoms with van der Waals surface area (Å²) in [4.78, 5) is 15.8. The predicted molar refractivity (Wildman–Crippen MR) is 120 cm³/mol. The van der Waals surface area contributed by atoms with E-state index >= 15 is 0 Å². The second-order valence-corrected chi connectivity index (χ2v) is 8.29. The summed E-state index contributed by atoms with van der Waals surface area (Å²) in [5, 5.41) is 9.75. The van der Waals surface area contributed by atoms with Gasteiger partial charge in [0.25, 0.3) is 0 Å². The first-order valence-electron chi connectivity index (χ1n) is 9.93. The number of carboxylic acids is 1. The highest BCUT2D eigenvalue weighted by Crippen LogP contribution is 2.31. The van der Waals surface area contributed by atoms with Crippen molar-refractivity contribution in [1.82, 2.24) is 4.98 Å². The van der Waals surface area contributed by atoms with Crippen LogP contribution in [0.25, 0.3) is 11.5 Å². The maximum absolute atomic E-state index is 11.2. The molecule has 3 aromatic rings. The summed E-state index contributed by atoms with van der Waals surface area (Å²) in [5.74, 6) is 7.14. The lowest BCUT2D eigenvalue weighted by molar-refractivity contribution is -0.152. The molecule has 3 rings (SSSR count). The van der Waals surface area contributed by atoms with E-state index in [2.05, 4.69) is 16.8 Å². The molecule has 0 aliphatic carbocycles. The molecule has 1 N–H and O–H groups in total. The second kappa shape index (κ2) is 9.28. The van der Waals surface area contributed by atoms with Crippen molar-refractivity contribution in [3.8, 4) is 29.0 Å². The van der Waals surface area contributed by atoms with Crippen LogP contribution >= 0.6 is 11.6 Å². The van der Waals surface area contributed by atoms with Gasteiger partial charge in [-0.05, 0) is 50.2 Å². The molecule has 0 fully saturated rings. The van der Waals surface area contributed by atoms with E-state index in [4.69, 9.17) is 25.9 Å². The number of benzene rings is 2. The van der Waals surface area contributed by atoms with Crippen LogP contribution in [0.3, 0.4) is 0 Å². The number of aliphatic carboxylic acids is 1. The molecule has 160 valence electrons. The van der Waals surface area contributed by atoms with Crippen LogP contribution < -0.4 is 4.74 Å². The fourth-order valence-corrected chi connectivity index (χ4v) is 3.08. The second-order valence-electron chi connectivity index (χ2n) is 7.88. The van der Waals surface area contributed by atoms with Gasteiger partial charge in [0.1, 0.15) is 11.5 Å². The minimum atomic E-state index is -1.30. The molecule has 0 atom stereocenters. The number of nitrogens with zero attached hydrogens (tertiary/aromatic N) is 1. The zero-order chi connectivity index (χ0) is 22.6. The largest absolute Gasteiger partial charge is 0.478 e. The predicted octanol–water partition coefficient (Wildman–Crippen LogP) is 5.95. The van der Waals surface area contributed by atoms with Crippen LogP contribution in [-0.2, 0) is 11.2 Å². The van der Waals surface area contributed by atoms with Gasteiger partial charge in [-0.15, -0.1) is 0 Å². The third-order valence-electron chi connectivity index (χ3n) is 4.59. The van der Waals surface area contributed by atoms with Gasteiger partial charge in [-0.25, -0.2) is 9.78 Å². The normalized spacial score (nSPS) is 11.2. The fraction of sp³-hybridized carbons (Fsp3) is 0.280. The summed E-state index contributed by atoms with van der Waals surface area (Å²) < 4.78 is 11.5. The molecule has 0 saturated heterocycles. The summed E-state index contributed by atoms with van der Waals surface area (Å²) in [7, 11) is 0. The Hall–Kier alpha value is -3.23. The Balaban J connectivity index is 1.76. The lowest BCUT2D eigenvalue weighted by Crippen LogP contribution is -2.37. The van der Waals surface area contributed by atoms with E-state index in [0.29, 0.717) is 23.1 Å². The fourth-order valence-electron chi connectivity index (χ4n) is 2.87. The van der Waals surface area contributed by atoms with Gasteiger partial charge >= 0.3 is 5.97 Å². The molecule has 31 heavy (non-hydrogen) atoms. The summed E-state index contributed by atoms with van der Waals surface area (Å²) in [5.41, 5.74) is 1.04. The number of halogens is 1. The Morgan fingerprint density at radius 3 is 2.48 bits per heavy atom. The highest BCUT2D eigenvalue weighted by molar-refractivity contribution is 6.33. The van der Waals surface area contributed by atoms with Crippen LogP contribution in [-0.4, -0.2) is 21.7 Å². The average Bonchev–Trinajstić information content (AvgIpc) is 3.13. The number of rotatable bonds is 6. The highest BCUT2D eigenvalue weighted by atomic mass is 35.5. The molecule has 1 aromatic heterocycles. The van der Waals surface area contributed by atoms with E-state index in [1.807, 2.05) is 32.0 Å². The van der Waals surface area contributed by atoms with E-state index in [0.717, 1.165) is 22.6 Å². The number of oxazole rings is 1. The van der Waals surface area contributed by atoms with E-state index in [-0.39, 0.29) is 5.92 Å². The minimum Gasteiger partial charge on any atom is -0.478 e. The van der Waals surface area contributed by atoms with Gasteiger partial charge in [-0.2, -0.15) is 0 Å². The van der Waals surface area contributed by atoms with Crippen LogP contribution in [0.1, 0.15) is 50.6 Å². The molecular formula is C25H24ClNO4. The molecule has 0 radical (unpaired) electrons. The monoisotopic (exact) mass is 437 g/mol. The Bertz CT molecular complexity index is 1130. The number of aromatic nitrogens is 1. The molecule has 0 unspecified atom stereocenters. The van der Waals surface area contributed by atoms with Gasteiger partial charge in [0, 0.05) is 11.5 Å². The molecule has 0 saturated carbocycles. The van der Waals surface area contributed by atoms with Crippen LogP contribution in [0.15, 0.2) is 52.9 Å². The number of carboxylic acid groups (broad SMARTS) is 1. The lowest BCUT2D eigenvalue weighted by atomic mass is 10.1. The van der Waals surface area contributed by atoms with Crippen molar-refractivity contribution in [3.05, 3.63) is 70.6 Å². The Kier molecular flexibility index (Phi) is 6.72. The summed E-state index contributed by atoms with van der Waals surface area (Å²) >= 11 is 6.28. The number of ether oxygens (including phenoxy) is 1. The van der Waals surface area contributed by atoms with Crippen LogP contribution in [0.4, 0.5) is 0 Å². The van der Waals surface area contributed by atoms with Gasteiger partial charge in [0.15, 0.2) is 5.60 Å². The Labute approximate surface area is 187 Å². The first kappa shape index (κ1) is 22.5. The van der Waals surface area contributed by atoms with Crippen molar-refractivity contribution in [2.24, 2.45) is 0 Å². The van der Waals surface area contributed by atoms with E-state index in [9.17, 15) is 4.79 Å². The van der Waals surface area contributed by atoms with Crippen molar-refractivity contribution >= 4 is 17.6 Å². The minimum absolute atomic E-state index is 0.162. The zero-order valence-corrected chi connectivity index (χ0v) is 18.7. The summed E-state index contributed by atoms with van der Waals surface area (Å²) in [6, 6.07) is 14.4. The van der Waals surface area contributed by atoms with Gasteiger partial charge in [-0.3, -0.25) is 0 Å². The van der Waals surface area contributed by atoms with Crippen molar-refractivity contribution in [2.45, 2.75) is 45.6 Å². The van der Waals surface area contributed by atoms with E-state index < -0.39 is 11.6 Å². The lowest BCUT2D eigenvalue weighted by Gasteiger charge is -2.21. The third kappa shape index (κ3) is 5.48. The molecular weight excluding hydrogens is 414 g/mol. The molecule has 2 aromatic carbocycles. The molecule has 0 bridgehead atoms. The van der Waals surface area contributed by atoms with Crippen LogP contribution in [0, 0.1) is 11.8 Å². The standard InChI is InChI=1S/C25H24ClNO4/c1-16(2)22-21(27-23(30-22)19-9-5-6-10-20(19)26)11-7-8-17-12-14-18(15-13-17)31-25(3,4)24(28)29/h5-6,9-10,12-16H,11H2,1-4H3,(H,28,29). The first-order chi connectivity index (χ1) is 14.7. The van der Waals surface area contributed by atoms with Crippen molar-refractivity contribution < 1.29 is 19.1 Å². The molecule has 0 spiro atoms. The van der Waals surface area contributed by atoms with Gasteiger partial charge < -0.3 is 14.3 Å². The SMILES string of the molecule is CC(C)c1oc(-c2ccccc2Cl)nc1CC#Cc1ccc(OC(C)(C)C(=O)O)cc1. The molecule has 5 nitrogen and oxygen atoms in total. The maximum atomic E-state index is 11.2. The molecule has 6 heteroatoms. The van der Waals surface area contributed by atoms with Crippen LogP contribution in [0.2, 0.25) is 5.02 Å². The highest BCUT2D eigenvalue weighted by Gasteiger charge is 2.29. The smallest absolute Gasteiger partial charge is 0.347 e. The van der Waals surface area contributed by atoms with E-state index in [1.165, 1.54) is 13.8 Å². The first-order valence-corrected chi connectivity index (χ1v) is 10.3. The number of hydrogen-bond donors (Lipinski definition) is 1. The number of hydrogen-bond acceptors (Lipinski definition) is 4. The van der Waals surface area contributed by atoms with E-state index in [1.54, 1.807) is 30.3 Å². The molecule has 0 amide bonds. The summed E-state index contributed by atoms with van der Waals surface area (Å²) in [6.07, 6.45) is 0.436. The molecule has 1 heterocycles. The Morgan fingerprint density at radius 2 is 1.87 bits per heavy atom. The van der Waals surface area contributed by atoms with Crippen molar-refractivity contribution in [1.29, 1.82) is 0 Å². The van der Waals surface area contributed by atoms with Crippen molar-refractivity contribution in [2.75, 3.05) is 0 Å². The summed E-state index contributed by atoms with van der Waals surface area (Å²) in [6.45, 7) is 7.10. The average molecular weight is 438 g/mol. The quantitative estimate of drug-likeness (QED) is 0.482. The molecule has 0 aliphatic rings. The van der Waals surface area contributed by atoms with Gasteiger partial charge in [0.05, 0.1) is 22.7 Å². The third-order valence-corrected chi connectivity index (χ3v) is 4.92. The topological polar surface area (TPSA) is 72.6 Å². The zero-order valence-electron chi connectivity index (χ0n) is 17.9. The van der Waals surface area contributed by atoms with Crippen LogP contribution in [0.5, 0.6) is 5.75 Å². The van der Waals surface area contributed by atoms with Crippen molar-refractivity contribution in [3.63, 3.8) is 0 Å². The Morgan fingerprint density at radius 1 is 1.19 bits per heavy atom. The molecule has 0 aliphatic heterocycles. The number of carbonyl (C=O) groups is 1.